The van der Waals surface area contributed by atoms with Gasteiger partial charge in [-0.25, -0.2) is 4.79 Å². The van der Waals surface area contributed by atoms with Crippen LogP contribution in [0.3, 0.4) is 0 Å². The van der Waals surface area contributed by atoms with E-state index < -0.39 is 20.9 Å². The molecule has 26 heavy (non-hydrogen) atoms. The Morgan fingerprint density at radius 3 is 2.54 bits per heavy atom. The van der Waals surface area contributed by atoms with Crippen molar-refractivity contribution >= 4 is 15.1 Å². The number of carbonyl (C=O) groups excluding carboxylic acids is 1. The first kappa shape index (κ1) is 20.5. The van der Waals surface area contributed by atoms with Crippen molar-refractivity contribution in [3.63, 3.8) is 0 Å². The second-order valence-corrected chi connectivity index (χ2v) is 10.7. The molecule has 1 aromatic carbocycles. The van der Waals surface area contributed by atoms with E-state index in [2.05, 4.69) is 39.9 Å². The van der Waals surface area contributed by atoms with Gasteiger partial charge in [0.2, 0.25) is 0 Å². The molecule has 142 valence electrons. The van der Waals surface area contributed by atoms with Gasteiger partial charge in [0, 0.05) is 13.0 Å². The van der Waals surface area contributed by atoms with Gasteiger partial charge in [-0.15, -0.1) is 0 Å². The Balaban J connectivity index is 2.22. The summed E-state index contributed by atoms with van der Waals surface area (Å²) < 4.78 is 11.9. The highest BCUT2D eigenvalue weighted by molar-refractivity contribution is 6.48. The van der Waals surface area contributed by atoms with Crippen LogP contribution in [0.5, 0.6) is 0 Å². The summed E-state index contributed by atoms with van der Waals surface area (Å²) >= 11 is 0. The highest BCUT2D eigenvalue weighted by Gasteiger charge is 2.52. The van der Waals surface area contributed by atoms with Crippen LogP contribution < -0.4 is 0 Å². The first-order chi connectivity index (χ1) is 12.2. The summed E-state index contributed by atoms with van der Waals surface area (Å²) in [6.45, 7) is 11.4. The van der Waals surface area contributed by atoms with Gasteiger partial charge < -0.3 is 9.16 Å². The van der Waals surface area contributed by atoms with E-state index in [1.165, 1.54) is 0 Å². The van der Waals surface area contributed by atoms with Crippen molar-refractivity contribution in [3.8, 4) is 6.07 Å². The Morgan fingerprint density at radius 2 is 2.00 bits per heavy atom. The Hall–Kier alpha value is -1.84. The molecule has 1 amide bonds. The monoisotopic (exact) mass is 374 g/mol. The van der Waals surface area contributed by atoms with E-state index in [1.54, 1.807) is 4.90 Å². The van der Waals surface area contributed by atoms with Crippen LogP contribution in [0, 0.1) is 22.7 Å². The minimum Gasteiger partial charge on any atom is -0.444 e. The van der Waals surface area contributed by atoms with E-state index in [1.807, 2.05) is 30.3 Å². The molecule has 2 rings (SSSR count). The molecule has 0 unspecified atom stereocenters. The lowest BCUT2D eigenvalue weighted by atomic mass is 9.79. The number of benzene rings is 1. The van der Waals surface area contributed by atoms with E-state index in [0.29, 0.717) is 13.0 Å². The number of amides is 1. The third kappa shape index (κ3) is 4.86. The van der Waals surface area contributed by atoms with Crippen molar-refractivity contribution in [1.29, 1.82) is 5.26 Å². The van der Waals surface area contributed by atoms with Crippen molar-refractivity contribution in [3.05, 3.63) is 35.9 Å². The molecule has 0 N–H and O–H groups in total. The molecule has 0 saturated carbocycles. The largest absolute Gasteiger partial charge is 0.444 e. The summed E-state index contributed by atoms with van der Waals surface area (Å²) in [5, 5.41) is 9.41. The van der Waals surface area contributed by atoms with E-state index in [-0.39, 0.29) is 24.4 Å². The topological polar surface area (TPSA) is 62.6 Å². The summed E-state index contributed by atoms with van der Waals surface area (Å²) in [7, 11) is -1.46. The minimum atomic E-state index is -1.46. The maximum absolute atomic E-state index is 12.9. The van der Waals surface area contributed by atoms with Gasteiger partial charge >= 0.3 is 6.09 Å². The summed E-state index contributed by atoms with van der Waals surface area (Å²) in [6, 6.07) is 11.9. The highest BCUT2D eigenvalue weighted by atomic mass is 28.3. The zero-order valence-electron chi connectivity index (χ0n) is 16.5. The summed E-state index contributed by atoms with van der Waals surface area (Å²) in [4.78, 5) is 14.6. The van der Waals surface area contributed by atoms with Gasteiger partial charge in [-0.3, -0.25) is 4.90 Å². The molecule has 1 heterocycles. The van der Waals surface area contributed by atoms with Crippen LogP contribution in [0.4, 0.5) is 4.79 Å². The third-order valence-corrected chi connectivity index (χ3v) is 5.83. The van der Waals surface area contributed by atoms with Crippen LogP contribution in [0.1, 0.15) is 39.2 Å². The number of rotatable bonds is 5. The quantitative estimate of drug-likeness (QED) is 0.721. The van der Waals surface area contributed by atoms with Crippen molar-refractivity contribution in [2.45, 2.75) is 59.0 Å². The number of hydrogen-bond acceptors (Lipinski definition) is 4. The molecule has 1 fully saturated rings. The number of hydrogen-bond donors (Lipinski definition) is 0. The smallest absolute Gasteiger partial charge is 0.412 e. The molecule has 1 aliphatic rings. The van der Waals surface area contributed by atoms with Gasteiger partial charge in [0.1, 0.15) is 12.3 Å². The Bertz CT molecular complexity index is 651. The van der Waals surface area contributed by atoms with Crippen LogP contribution >= 0.6 is 0 Å². The van der Waals surface area contributed by atoms with Crippen molar-refractivity contribution in [2.24, 2.45) is 11.3 Å². The molecule has 5 nitrogen and oxygen atoms in total. The molecule has 0 radical (unpaired) electrons. The molecule has 6 heteroatoms. The summed E-state index contributed by atoms with van der Waals surface area (Å²) in [5.74, 6) is 0.257. The van der Waals surface area contributed by atoms with E-state index in [9.17, 15) is 10.1 Å². The second-order valence-electron chi connectivity index (χ2n) is 8.37. The lowest BCUT2D eigenvalue weighted by Gasteiger charge is -2.37. The zero-order chi connectivity index (χ0) is 19.4. The highest BCUT2D eigenvalue weighted by Crippen LogP contribution is 2.45. The first-order valence-electron chi connectivity index (χ1n) is 9.21. The van der Waals surface area contributed by atoms with Crippen LogP contribution in [0.15, 0.2) is 30.3 Å². The fraction of sp³-hybridized carbons (Fsp3) is 0.600. The number of carbonyl (C=O) groups is 1. The number of ether oxygens (including phenoxy) is 1. The normalized spacial score (nSPS) is 23.1. The van der Waals surface area contributed by atoms with Crippen LogP contribution in [0.25, 0.3) is 0 Å². The van der Waals surface area contributed by atoms with E-state index in [4.69, 9.17) is 9.16 Å². The third-order valence-electron chi connectivity index (χ3n) is 4.92. The van der Waals surface area contributed by atoms with Gasteiger partial charge in [0.15, 0.2) is 9.04 Å². The molecule has 0 bridgehead atoms. The molecular weight excluding hydrogens is 344 g/mol. The van der Waals surface area contributed by atoms with Gasteiger partial charge in [-0.1, -0.05) is 51.1 Å². The fourth-order valence-electron chi connectivity index (χ4n) is 3.45. The fourth-order valence-corrected chi connectivity index (χ4v) is 4.63. The minimum absolute atomic E-state index is 0.0249. The standard InChI is InChI=1S/C20H30N2O3Si/c1-19(2,3)17-13-20(11-12-21,25-26(4)5)22(14-17)18(23)24-15-16-9-7-6-8-10-16/h6-10,17,26H,11,13-15H2,1-5H3/t17-,20-/m0/s1. The van der Waals surface area contributed by atoms with E-state index in [0.717, 1.165) is 5.56 Å². The average Bonchev–Trinajstić information content (AvgIpc) is 2.92. The predicted octanol–water partition coefficient (Wildman–Crippen LogP) is 4.30. The lowest BCUT2D eigenvalue weighted by molar-refractivity contribution is -0.0505. The molecule has 1 aliphatic heterocycles. The Labute approximate surface area is 158 Å². The molecule has 2 atom stereocenters. The van der Waals surface area contributed by atoms with Crippen molar-refractivity contribution in [1.82, 2.24) is 4.90 Å². The van der Waals surface area contributed by atoms with Crippen LogP contribution in [-0.2, 0) is 15.8 Å². The van der Waals surface area contributed by atoms with Crippen molar-refractivity contribution in [2.75, 3.05) is 6.54 Å². The number of likely N-dealkylation sites (tertiary alicyclic amines) is 1. The molecule has 0 aromatic heterocycles. The number of nitriles is 1. The van der Waals surface area contributed by atoms with Gasteiger partial charge in [-0.2, -0.15) is 5.26 Å². The van der Waals surface area contributed by atoms with Crippen molar-refractivity contribution < 1.29 is 14.0 Å². The number of nitrogens with zero attached hydrogens (tertiary/aromatic N) is 2. The SMILES string of the molecule is C[SiH](C)O[C@@]1(CC#N)C[C@H](C(C)(C)C)CN1C(=O)OCc1ccccc1. The lowest BCUT2D eigenvalue weighted by Crippen LogP contribution is -2.51. The zero-order valence-corrected chi connectivity index (χ0v) is 17.6. The molecular formula is C20H30N2O3Si. The molecule has 0 aliphatic carbocycles. The Kier molecular flexibility index (Phi) is 6.48. The average molecular weight is 375 g/mol. The van der Waals surface area contributed by atoms with E-state index >= 15 is 0 Å². The first-order valence-corrected chi connectivity index (χ1v) is 12.0. The molecule has 0 spiro atoms. The summed E-state index contributed by atoms with van der Waals surface area (Å²) in [5.41, 5.74) is 0.107. The van der Waals surface area contributed by atoms with Gasteiger partial charge in [0.05, 0.1) is 12.5 Å². The second kappa shape index (κ2) is 8.23. The summed E-state index contributed by atoms with van der Waals surface area (Å²) in [6.07, 6.45) is 0.450. The van der Waals surface area contributed by atoms with Gasteiger partial charge in [-0.05, 0) is 30.0 Å². The van der Waals surface area contributed by atoms with Crippen LogP contribution in [0.2, 0.25) is 13.1 Å². The van der Waals surface area contributed by atoms with Gasteiger partial charge in [0.25, 0.3) is 0 Å². The van der Waals surface area contributed by atoms with Crippen LogP contribution in [-0.4, -0.2) is 32.3 Å². The molecule has 1 aromatic rings. The maximum Gasteiger partial charge on any atom is 0.412 e. The predicted molar refractivity (Wildman–Crippen MR) is 104 cm³/mol. The Morgan fingerprint density at radius 1 is 1.35 bits per heavy atom. The molecule has 1 saturated heterocycles. The maximum atomic E-state index is 12.9.